The van der Waals surface area contributed by atoms with Crippen LogP contribution in [0.1, 0.15) is 5.69 Å². The second kappa shape index (κ2) is 6.22. The lowest BCUT2D eigenvalue weighted by atomic mass is 10.3. The van der Waals surface area contributed by atoms with Crippen LogP contribution < -0.4 is 0 Å². The van der Waals surface area contributed by atoms with Crippen molar-refractivity contribution in [2.45, 2.75) is 10.9 Å². The fourth-order valence-electron chi connectivity index (χ4n) is 2.43. The highest BCUT2D eigenvalue weighted by molar-refractivity contribution is 7.98. The number of fused-ring (bicyclic) bond motifs is 1. The van der Waals surface area contributed by atoms with E-state index in [1.807, 2.05) is 60.8 Å². The van der Waals surface area contributed by atoms with Crippen molar-refractivity contribution in [3.63, 3.8) is 0 Å². The molecule has 112 valence electrons. The van der Waals surface area contributed by atoms with E-state index in [2.05, 4.69) is 20.6 Å². The smallest absolute Gasteiger partial charge is 0.175 e. The van der Waals surface area contributed by atoms with Crippen LogP contribution in [0.15, 0.2) is 78.2 Å². The fraction of sp³-hybridized carbons (Fsp3) is 0.0556. The minimum atomic E-state index is 0.775. The van der Waals surface area contributed by atoms with Crippen molar-refractivity contribution in [3.8, 4) is 5.82 Å². The largest absolute Gasteiger partial charge is 0.271 e. The maximum Gasteiger partial charge on any atom is 0.175 e. The Kier molecular flexibility index (Phi) is 3.78. The topological polar surface area (TPSA) is 43.6 Å². The highest BCUT2D eigenvalue weighted by atomic mass is 32.2. The zero-order chi connectivity index (χ0) is 15.5. The number of thioether (sulfide) groups is 1. The summed E-state index contributed by atoms with van der Waals surface area (Å²) < 4.78 is 2.10. The first kappa shape index (κ1) is 14.0. The highest BCUT2D eigenvalue weighted by Crippen LogP contribution is 2.28. The first-order valence-corrected chi connectivity index (χ1v) is 8.32. The fourth-order valence-corrected chi connectivity index (χ4v) is 3.36. The molecule has 1 aromatic carbocycles. The molecule has 4 aromatic rings. The van der Waals surface area contributed by atoms with Gasteiger partial charge >= 0.3 is 0 Å². The van der Waals surface area contributed by atoms with Crippen molar-refractivity contribution < 1.29 is 0 Å². The standard InChI is InChI=1S/C18H14N4S/c1-2-9-16-15(8-1)21-18(22(16)17-10-4-6-12-20-17)23-13-14-7-3-5-11-19-14/h1-12H,13H2. The molecule has 0 aliphatic carbocycles. The van der Waals surface area contributed by atoms with E-state index in [1.54, 1.807) is 18.0 Å². The van der Waals surface area contributed by atoms with Crippen molar-refractivity contribution in [2.75, 3.05) is 0 Å². The molecule has 0 radical (unpaired) electrons. The number of para-hydroxylation sites is 2. The van der Waals surface area contributed by atoms with Gasteiger partial charge < -0.3 is 0 Å². The predicted molar refractivity (Wildman–Crippen MR) is 92.7 cm³/mol. The zero-order valence-electron chi connectivity index (χ0n) is 12.3. The van der Waals surface area contributed by atoms with E-state index in [0.717, 1.165) is 33.5 Å². The number of aromatic nitrogens is 4. The minimum absolute atomic E-state index is 0.775. The van der Waals surface area contributed by atoms with E-state index in [4.69, 9.17) is 4.98 Å². The molecule has 0 N–H and O–H groups in total. The van der Waals surface area contributed by atoms with Gasteiger partial charge in [0.2, 0.25) is 0 Å². The SMILES string of the molecule is c1ccc(CSc2nc3ccccc3n2-c2ccccn2)nc1. The summed E-state index contributed by atoms with van der Waals surface area (Å²) in [6.07, 6.45) is 3.62. The van der Waals surface area contributed by atoms with Gasteiger partial charge in [0.05, 0.1) is 16.7 Å². The molecule has 3 heterocycles. The summed E-state index contributed by atoms with van der Waals surface area (Å²) in [6.45, 7) is 0. The van der Waals surface area contributed by atoms with Gasteiger partial charge in [0.1, 0.15) is 5.82 Å². The van der Waals surface area contributed by atoms with Gasteiger partial charge in [-0.05, 0) is 36.4 Å². The maximum atomic E-state index is 4.76. The molecule has 0 aliphatic rings. The molecule has 0 saturated carbocycles. The van der Waals surface area contributed by atoms with Crippen LogP contribution in [0.3, 0.4) is 0 Å². The molecule has 0 aliphatic heterocycles. The van der Waals surface area contributed by atoms with Crippen LogP contribution in [0.5, 0.6) is 0 Å². The van der Waals surface area contributed by atoms with Crippen LogP contribution in [0.2, 0.25) is 0 Å². The Morgan fingerprint density at radius 1 is 0.826 bits per heavy atom. The third-order valence-electron chi connectivity index (χ3n) is 3.48. The number of imidazole rings is 1. The number of hydrogen-bond acceptors (Lipinski definition) is 4. The van der Waals surface area contributed by atoms with Gasteiger partial charge in [-0.15, -0.1) is 0 Å². The molecule has 3 aromatic heterocycles. The molecular formula is C18H14N4S. The molecule has 0 spiro atoms. The molecular weight excluding hydrogens is 304 g/mol. The number of rotatable bonds is 4. The van der Waals surface area contributed by atoms with Crippen LogP contribution in [-0.4, -0.2) is 19.5 Å². The third-order valence-corrected chi connectivity index (χ3v) is 4.46. The summed E-state index contributed by atoms with van der Waals surface area (Å²) in [5.74, 6) is 1.65. The summed E-state index contributed by atoms with van der Waals surface area (Å²) in [7, 11) is 0. The summed E-state index contributed by atoms with van der Waals surface area (Å²) in [5, 5.41) is 0.926. The Morgan fingerprint density at radius 2 is 1.61 bits per heavy atom. The van der Waals surface area contributed by atoms with E-state index in [9.17, 15) is 0 Å². The van der Waals surface area contributed by atoms with Crippen molar-refractivity contribution >= 4 is 22.8 Å². The van der Waals surface area contributed by atoms with Crippen LogP contribution >= 0.6 is 11.8 Å². The molecule has 0 atom stereocenters. The molecule has 0 bridgehead atoms. The Bertz CT molecular complexity index is 920. The summed E-state index contributed by atoms with van der Waals surface area (Å²) in [5.41, 5.74) is 3.08. The number of hydrogen-bond donors (Lipinski definition) is 0. The normalized spacial score (nSPS) is 11.0. The third kappa shape index (κ3) is 2.83. The molecule has 23 heavy (non-hydrogen) atoms. The summed E-state index contributed by atoms with van der Waals surface area (Å²) in [4.78, 5) is 13.6. The molecule has 0 saturated heterocycles. The Morgan fingerprint density at radius 3 is 2.39 bits per heavy atom. The van der Waals surface area contributed by atoms with E-state index in [-0.39, 0.29) is 0 Å². The van der Waals surface area contributed by atoms with Gasteiger partial charge in [-0.2, -0.15) is 0 Å². The molecule has 4 nitrogen and oxygen atoms in total. The van der Waals surface area contributed by atoms with E-state index in [1.165, 1.54) is 0 Å². The van der Waals surface area contributed by atoms with Crippen molar-refractivity contribution in [1.29, 1.82) is 0 Å². The summed E-state index contributed by atoms with van der Waals surface area (Å²) in [6, 6.07) is 20.0. The maximum absolute atomic E-state index is 4.76. The van der Waals surface area contributed by atoms with Crippen LogP contribution in [0.4, 0.5) is 0 Å². The minimum Gasteiger partial charge on any atom is -0.271 e. The van der Waals surface area contributed by atoms with Crippen molar-refractivity contribution in [3.05, 3.63) is 78.8 Å². The molecule has 0 amide bonds. The Labute approximate surface area is 138 Å². The average Bonchev–Trinajstić information content (AvgIpc) is 3.00. The first-order valence-electron chi connectivity index (χ1n) is 7.33. The van der Waals surface area contributed by atoms with Crippen molar-refractivity contribution in [2.24, 2.45) is 0 Å². The van der Waals surface area contributed by atoms with E-state index >= 15 is 0 Å². The number of pyridine rings is 2. The van der Waals surface area contributed by atoms with Crippen LogP contribution in [0, 0.1) is 0 Å². The van der Waals surface area contributed by atoms with Gasteiger partial charge in [-0.3, -0.25) is 9.55 Å². The van der Waals surface area contributed by atoms with Crippen molar-refractivity contribution in [1.82, 2.24) is 19.5 Å². The quantitative estimate of drug-likeness (QED) is 0.531. The lowest BCUT2D eigenvalue weighted by molar-refractivity contribution is 0.885. The van der Waals surface area contributed by atoms with Crippen LogP contribution in [-0.2, 0) is 5.75 Å². The number of nitrogens with zero attached hydrogens (tertiary/aromatic N) is 4. The van der Waals surface area contributed by atoms with Gasteiger partial charge in [0, 0.05) is 18.1 Å². The molecule has 0 fully saturated rings. The lowest BCUT2D eigenvalue weighted by Gasteiger charge is -2.07. The van der Waals surface area contributed by atoms with Gasteiger partial charge in [-0.25, -0.2) is 9.97 Å². The summed E-state index contributed by atoms with van der Waals surface area (Å²) >= 11 is 1.67. The Hall–Kier alpha value is -2.66. The highest BCUT2D eigenvalue weighted by Gasteiger charge is 2.13. The first-order chi connectivity index (χ1) is 11.4. The van der Waals surface area contributed by atoms with Gasteiger partial charge in [0.25, 0.3) is 0 Å². The monoisotopic (exact) mass is 318 g/mol. The van der Waals surface area contributed by atoms with Gasteiger partial charge in [0.15, 0.2) is 5.16 Å². The molecule has 5 heteroatoms. The second-order valence-corrected chi connectivity index (χ2v) is 5.96. The number of benzene rings is 1. The van der Waals surface area contributed by atoms with Gasteiger partial charge in [-0.1, -0.05) is 36.0 Å². The zero-order valence-corrected chi connectivity index (χ0v) is 13.1. The second-order valence-electron chi connectivity index (χ2n) is 5.02. The van der Waals surface area contributed by atoms with E-state index < -0.39 is 0 Å². The lowest BCUT2D eigenvalue weighted by Crippen LogP contribution is -1.99. The molecule has 0 unspecified atom stereocenters. The Balaban J connectivity index is 1.76. The van der Waals surface area contributed by atoms with E-state index in [0.29, 0.717) is 0 Å². The predicted octanol–water partition coefficient (Wildman–Crippen LogP) is 4.11. The molecule has 4 rings (SSSR count). The van der Waals surface area contributed by atoms with Crippen LogP contribution in [0.25, 0.3) is 16.9 Å². The average molecular weight is 318 g/mol.